The van der Waals surface area contributed by atoms with E-state index in [1.807, 2.05) is 0 Å². The van der Waals surface area contributed by atoms with Crippen LogP contribution in [0.15, 0.2) is 12.1 Å². The van der Waals surface area contributed by atoms with Gasteiger partial charge in [0.15, 0.2) is 17.5 Å². The van der Waals surface area contributed by atoms with Gasteiger partial charge >= 0.3 is 7.82 Å². The lowest BCUT2D eigenvalue weighted by Crippen LogP contribution is -2.10. The number of halogens is 4. The summed E-state index contributed by atoms with van der Waals surface area (Å²) < 4.78 is 57.2. The third-order valence-corrected chi connectivity index (χ3v) is 1.18. The Bertz CT molecular complexity index is 395. The Balaban J connectivity index is 0.000000437. The molecule has 0 spiro atoms. The zero-order valence-corrected chi connectivity index (χ0v) is 8.76. The van der Waals surface area contributed by atoms with E-state index in [0.717, 1.165) is 5.65 Å². The number of phosphoric acid groups is 1. The number of nitrogens with one attached hydrogen (secondary N) is 2. The molecule has 0 unspecified atom stereocenters. The highest BCUT2D eigenvalue weighted by Crippen LogP contribution is 2.25. The van der Waals surface area contributed by atoms with Crippen molar-refractivity contribution in [3.05, 3.63) is 29.6 Å². The molecule has 0 aliphatic rings. The average Bonchev–Trinajstić information content (AvgIpc) is 2.12. The van der Waals surface area contributed by atoms with Gasteiger partial charge in [-0.05, 0) is 0 Å². The zero-order valence-electron chi connectivity index (χ0n) is 7.86. The van der Waals surface area contributed by atoms with Gasteiger partial charge in [0.05, 0.1) is 5.69 Å². The van der Waals surface area contributed by atoms with Gasteiger partial charge in [-0.2, -0.15) is 0 Å². The van der Waals surface area contributed by atoms with Crippen LogP contribution in [-0.2, 0) is 4.57 Å². The highest BCUT2D eigenvalue weighted by Gasteiger charge is 2.09. The molecule has 0 aliphatic heterocycles. The van der Waals surface area contributed by atoms with Crippen molar-refractivity contribution < 1.29 is 36.9 Å². The van der Waals surface area contributed by atoms with Gasteiger partial charge in [0.25, 0.3) is 0 Å². The molecule has 6 nitrogen and oxygen atoms in total. The van der Waals surface area contributed by atoms with Gasteiger partial charge in [-0.3, -0.25) is 5.43 Å². The summed E-state index contributed by atoms with van der Waals surface area (Å²) in [5.41, 5.74) is 2.46. The van der Waals surface area contributed by atoms with Gasteiger partial charge in [0.2, 0.25) is 0 Å². The van der Waals surface area contributed by atoms with Crippen molar-refractivity contribution in [2.45, 2.75) is 0 Å². The van der Waals surface area contributed by atoms with E-state index in [4.69, 9.17) is 19.2 Å². The molecular formula is C6H7F4N2O4P. The van der Waals surface area contributed by atoms with Gasteiger partial charge in [-0.1, -0.05) is 5.65 Å². The van der Waals surface area contributed by atoms with Crippen LogP contribution in [0, 0.1) is 17.5 Å². The molecule has 1 aromatic carbocycles. The van der Waals surface area contributed by atoms with Gasteiger partial charge < -0.3 is 14.7 Å². The fourth-order valence-corrected chi connectivity index (χ4v) is 0.682. The third-order valence-electron chi connectivity index (χ3n) is 1.18. The number of hydrogen-bond donors (Lipinski definition) is 5. The van der Waals surface area contributed by atoms with Crippen molar-refractivity contribution in [2.24, 2.45) is 0 Å². The molecule has 0 radical (unpaired) electrons. The lowest BCUT2D eigenvalue weighted by Gasteiger charge is -2.02. The summed E-state index contributed by atoms with van der Waals surface area (Å²) in [7, 11) is -4.64. The molecule has 98 valence electrons. The predicted octanol–water partition coefficient (Wildman–Crippen LogP) is 0.976. The van der Waals surface area contributed by atoms with Crippen molar-refractivity contribution in [3.8, 4) is 0 Å². The normalized spacial score (nSPS) is 10.5. The molecule has 0 saturated heterocycles. The van der Waals surface area contributed by atoms with Crippen LogP contribution in [0.25, 0.3) is 0 Å². The zero-order chi connectivity index (χ0) is 13.6. The Morgan fingerprint density at radius 3 is 1.71 bits per heavy atom. The van der Waals surface area contributed by atoms with Crippen LogP contribution in [-0.4, -0.2) is 14.7 Å². The second-order valence-electron chi connectivity index (χ2n) is 2.49. The van der Waals surface area contributed by atoms with Gasteiger partial charge in [0.1, 0.15) is 0 Å². The van der Waals surface area contributed by atoms with E-state index < -0.39 is 25.3 Å². The largest absolute Gasteiger partial charge is 0.466 e. The fourth-order valence-electron chi connectivity index (χ4n) is 0.682. The highest BCUT2D eigenvalue weighted by atomic mass is 31.2. The molecule has 0 fully saturated rings. The smallest absolute Gasteiger partial charge is 0.303 e. The fraction of sp³-hybridized carbons (Fsp3) is 0. The third kappa shape index (κ3) is 7.66. The predicted molar refractivity (Wildman–Crippen MR) is 48.4 cm³/mol. The first-order valence-corrected chi connectivity index (χ1v) is 5.26. The Hall–Kier alpha value is -1.19. The maximum Gasteiger partial charge on any atom is 0.466 e. The van der Waals surface area contributed by atoms with Crippen molar-refractivity contribution in [3.63, 3.8) is 0 Å². The standard InChI is InChI=1S/C6H4F4N2.H3O4P/c7-4-1-3(11-12-10)2-5(8)6(4)9;1-5(2,3)4/h1-2,11-12H;(H3,1,2,3,4). The first-order chi connectivity index (χ1) is 7.65. The Kier molecular flexibility index (Phi) is 6.07. The summed E-state index contributed by atoms with van der Waals surface area (Å²) in [5.74, 6) is -4.35. The van der Waals surface area contributed by atoms with Crippen LogP contribution in [0.1, 0.15) is 0 Å². The van der Waals surface area contributed by atoms with Gasteiger partial charge in [0, 0.05) is 12.1 Å². The number of benzene rings is 1. The maximum atomic E-state index is 12.4. The van der Waals surface area contributed by atoms with Crippen LogP contribution >= 0.6 is 7.82 Å². The Labute approximate surface area is 92.0 Å². The summed E-state index contributed by atoms with van der Waals surface area (Å²) in [6.07, 6.45) is 0. The van der Waals surface area contributed by atoms with Crippen LogP contribution in [0.4, 0.5) is 23.3 Å². The monoisotopic (exact) mass is 278 g/mol. The van der Waals surface area contributed by atoms with Crippen molar-refractivity contribution in [1.29, 1.82) is 0 Å². The van der Waals surface area contributed by atoms with E-state index in [1.165, 1.54) is 0 Å². The average molecular weight is 278 g/mol. The molecule has 17 heavy (non-hydrogen) atoms. The van der Waals surface area contributed by atoms with Crippen molar-refractivity contribution in [2.75, 3.05) is 5.43 Å². The molecule has 0 aliphatic carbocycles. The summed E-state index contributed by atoms with van der Waals surface area (Å²) in [6, 6.07) is 1.23. The topological polar surface area (TPSA) is 102 Å². The van der Waals surface area contributed by atoms with Crippen molar-refractivity contribution >= 4 is 13.5 Å². The Morgan fingerprint density at radius 1 is 1.06 bits per heavy atom. The second kappa shape index (κ2) is 6.52. The molecule has 0 saturated carbocycles. The quantitative estimate of drug-likeness (QED) is 0.182. The molecule has 0 aromatic heterocycles. The van der Waals surface area contributed by atoms with Crippen LogP contribution in [0.3, 0.4) is 0 Å². The number of hydrazine groups is 1. The molecule has 11 heteroatoms. The minimum absolute atomic E-state index is 0.242. The molecule has 0 atom stereocenters. The highest BCUT2D eigenvalue weighted by molar-refractivity contribution is 7.45. The summed E-state index contributed by atoms with van der Waals surface area (Å²) in [6.45, 7) is 0. The lowest BCUT2D eigenvalue weighted by molar-refractivity contribution is 0.275. The lowest BCUT2D eigenvalue weighted by atomic mass is 10.3. The van der Waals surface area contributed by atoms with Crippen LogP contribution in [0.2, 0.25) is 0 Å². The van der Waals surface area contributed by atoms with Crippen LogP contribution in [0.5, 0.6) is 0 Å². The Morgan fingerprint density at radius 2 is 1.41 bits per heavy atom. The van der Waals surface area contributed by atoms with Gasteiger partial charge in [-0.15, -0.1) is 4.48 Å². The molecular weight excluding hydrogens is 271 g/mol. The number of rotatable bonds is 2. The van der Waals surface area contributed by atoms with E-state index in [0.29, 0.717) is 12.1 Å². The number of hydrogen-bond acceptors (Lipinski definition) is 3. The molecule has 0 amide bonds. The molecule has 5 N–H and O–H groups in total. The SMILES string of the molecule is FNNc1cc(F)c(F)c(F)c1.O=P(O)(O)O. The summed E-state index contributed by atoms with van der Waals surface area (Å²) in [5, 5.41) is 0. The number of anilines is 1. The molecule has 1 aromatic rings. The maximum absolute atomic E-state index is 12.4. The summed E-state index contributed by atoms with van der Waals surface area (Å²) >= 11 is 0. The van der Waals surface area contributed by atoms with E-state index in [1.54, 1.807) is 5.43 Å². The van der Waals surface area contributed by atoms with E-state index in [2.05, 4.69) is 0 Å². The first-order valence-electron chi connectivity index (χ1n) is 3.69. The van der Waals surface area contributed by atoms with E-state index >= 15 is 0 Å². The van der Waals surface area contributed by atoms with Crippen LogP contribution < -0.4 is 11.1 Å². The van der Waals surface area contributed by atoms with Gasteiger partial charge in [-0.25, -0.2) is 17.7 Å². The summed E-state index contributed by atoms with van der Waals surface area (Å²) in [4.78, 5) is 21.6. The van der Waals surface area contributed by atoms with Crippen molar-refractivity contribution in [1.82, 2.24) is 5.65 Å². The molecule has 0 heterocycles. The van der Waals surface area contributed by atoms with E-state index in [9.17, 15) is 17.7 Å². The molecule has 0 bridgehead atoms. The second-order valence-corrected chi connectivity index (χ2v) is 3.51. The first kappa shape index (κ1) is 15.8. The van der Waals surface area contributed by atoms with E-state index in [-0.39, 0.29) is 5.69 Å². The minimum atomic E-state index is -4.64. The minimum Gasteiger partial charge on any atom is -0.303 e. The molecule has 1 rings (SSSR count).